The Morgan fingerprint density at radius 2 is 1.89 bits per heavy atom. The van der Waals surface area contributed by atoms with Crippen molar-refractivity contribution in [3.8, 4) is 0 Å². The van der Waals surface area contributed by atoms with E-state index in [2.05, 4.69) is 5.32 Å². The number of carbonyl (C=O) groups is 3. The molecular formula is C21H29ClN2O4. The van der Waals surface area contributed by atoms with Crippen LogP contribution in [0.5, 0.6) is 0 Å². The molecule has 6 nitrogen and oxygen atoms in total. The van der Waals surface area contributed by atoms with E-state index in [4.69, 9.17) is 16.3 Å². The second-order valence-corrected chi connectivity index (χ2v) is 7.74. The number of esters is 1. The molecule has 0 saturated heterocycles. The lowest BCUT2D eigenvalue weighted by Crippen LogP contribution is -2.37. The van der Waals surface area contributed by atoms with E-state index >= 15 is 0 Å². The van der Waals surface area contributed by atoms with E-state index in [0.29, 0.717) is 17.1 Å². The number of nitrogens with one attached hydrogen (secondary N) is 1. The molecule has 1 aliphatic rings. The second kappa shape index (κ2) is 11.7. The Labute approximate surface area is 171 Å². The Kier molecular flexibility index (Phi) is 9.28. The molecule has 1 aromatic carbocycles. The Balaban J connectivity index is 1.62. The van der Waals surface area contributed by atoms with Crippen LogP contribution in [0.15, 0.2) is 24.3 Å². The number of para-hydroxylation sites is 1. The average molecular weight is 409 g/mol. The number of halogens is 1. The van der Waals surface area contributed by atoms with Crippen LogP contribution >= 0.6 is 11.6 Å². The van der Waals surface area contributed by atoms with Crippen molar-refractivity contribution in [1.82, 2.24) is 4.90 Å². The normalized spacial score (nSPS) is 14.4. The first-order valence-corrected chi connectivity index (χ1v) is 10.3. The van der Waals surface area contributed by atoms with Gasteiger partial charge in [0.2, 0.25) is 5.91 Å². The molecule has 1 saturated carbocycles. The van der Waals surface area contributed by atoms with E-state index in [1.165, 1.54) is 44.1 Å². The number of hydrogen-bond acceptors (Lipinski definition) is 4. The highest BCUT2D eigenvalue weighted by Gasteiger charge is 2.17. The number of likely N-dealkylation sites (N-methyl/N-ethyl adjacent to an activating group) is 1. The standard InChI is InChI=1S/C21H29ClN2O4/c1-24(14-19(25)23-18-12-6-5-11-17(18)22)20(26)15-28-21(27)13-7-10-16-8-3-2-4-9-16/h5-6,11-12,16H,2-4,7-10,13-15H2,1H3,(H,23,25). The summed E-state index contributed by atoms with van der Waals surface area (Å²) < 4.78 is 5.05. The van der Waals surface area contributed by atoms with Gasteiger partial charge in [-0.1, -0.05) is 55.8 Å². The van der Waals surface area contributed by atoms with Crippen LogP contribution in [-0.2, 0) is 19.1 Å². The molecule has 2 amide bonds. The number of hydrogen-bond donors (Lipinski definition) is 1. The molecular weight excluding hydrogens is 380 g/mol. The fourth-order valence-electron chi connectivity index (χ4n) is 3.39. The molecule has 1 aliphatic carbocycles. The summed E-state index contributed by atoms with van der Waals surface area (Å²) in [5.41, 5.74) is 0.486. The summed E-state index contributed by atoms with van der Waals surface area (Å²) in [5.74, 6) is -0.429. The van der Waals surface area contributed by atoms with Crippen molar-refractivity contribution in [1.29, 1.82) is 0 Å². The van der Waals surface area contributed by atoms with Crippen LogP contribution in [0.1, 0.15) is 51.4 Å². The number of benzene rings is 1. The van der Waals surface area contributed by atoms with Crippen molar-refractivity contribution in [2.24, 2.45) is 5.92 Å². The molecule has 0 radical (unpaired) electrons. The van der Waals surface area contributed by atoms with Crippen LogP contribution in [0.2, 0.25) is 5.02 Å². The fourth-order valence-corrected chi connectivity index (χ4v) is 3.57. The molecule has 28 heavy (non-hydrogen) atoms. The first-order valence-electron chi connectivity index (χ1n) is 9.89. The van der Waals surface area contributed by atoms with Crippen molar-refractivity contribution >= 4 is 35.1 Å². The molecule has 2 rings (SSSR count). The number of carbonyl (C=O) groups excluding carboxylic acids is 3. The highest BCUT2D eigenvalue weighted by molar-refractivity contribution is 6.33. The van der Waals surface area contributed by atoms with Crippen molar-refractivity contribution < 1.29 is 19.1 Å². The highest BCUT2D eigenvalue weighted by Crippen LogP contribution is 2.27. The summed E-state index contributed by atoms with van der Waals surface area (Å²) in [4.78, 5) is 37.2. The monoisotopic (exact) mass is 408 g/mol. The van der Waals surface area contributed by atoms with Crippen molar-refractivity contribution in [3.05, 3.63) is 29.3 Å². The predicted molar refractivity (Wildman–Crippen MR) is 109 cm³/mol. The molecule has 0 heterocycles. The maximum absolute atomic E-state index is 12.1. The number of rotatable bonds is 9. The van der Waals surface area contributed by atoms with E-state index in [1.54, 1.807) is 24.3 Å². The summed E-state index contributed by atoms with van der Waals surface area (Å²) >= 11 is 5.99. The van der Waals surface area contributed by atoms with Gasteiger partial charge < -0.3 is 15.0 Å². The molecule has 154 valence electrons. The van der Waals surface area contributed by atoms with Crippen molar-refractivity contribution in [2.45, 2.75) is 51.4 Å². The van der Waals surface area contributed by atoms with Crippen LogP contribution in [0.4, 0.5) is 5.69 Å². The molecule has 1 N–H and O–H groups in total. The molecule has 1 fully saturated rings. The maximum Gasteiger partial charge on any atom is 0.306 e. The van der Waals surface area contributed by atoms with E-state index in [0.717, 1.165) is 18.8 Å². The summed E-state index contributed by atoms with van der Waals surface area (Å²) in [6.07, 6.45) is 8.60. The zero-order chi connectivity index (χ0) is 20.4. The van der Waals surface area contributed by atoms with E-state index in [-0.39, 0.29) is 25.0 Å². The van der Waals surface area contributed by atoms with Gasteiger partial charge in [0, 0.05) is 13.5 Å². The van der Waals surface area contributed by atoms with Gasteiger partial charge in [0.25, 0.3) is 5.91 Å². The number of amides is 2. The summed E-state index contributed by atoms with van der Waals surface area (Å²) in [5, 5.41) is 3.07. The Bertz CT molecular complexity index is 674. The van der Waals surface area contributed by atoms with Gasteiger partial charge in [-0.2, -0.15) is 0 Å². The average Bonchev–Trinajstić information content (AvgIpc) is 2.68. The zero-order valence-corrected chi connectivity index (χ0v) is 17.2. The maximum atomic E-state index is 12.1. The van der Waals surface area contributed by atoms with Gasteiger partial charge in [-0.3, -0.25) is 14.4 Å². The zero-order valence-electron chi connectivity index (χ0n) is 16.4. The number of nitrogens with zero attached hydrogens (tertiary/aromatic N) is 1. The largest absolute Gasteiger partial charge is 0.456 e. The first-order chi connectivity index (χ1) is 13.5. The molecule has 1 aromatic rings. The van der Waals surface area contributed by atoms with Gasteiger partial charge in [-0.05, 0) is 30.9 Å². The quantitative estimate of drug-likeness (QED) is 0.626. The van der Waals surface area contributed by atoms with Crippen molar-refractivity contribution in [2.75, 3.05) is 25.5 Å². The van der Waals surface area contributed by atoms with Crippen molar-refractivity contribution in [3.63, 3.8) is 0 Å². The molecule has 0 atom stereocenters. The molecule has 0 bridgehead atoms. The topological polar surface area (TPSA) is 75.7 Å². The van der Waals surface area contributed by atoms with E-state index in [9.17, 15) is 14.4 Å². The number of anilines is 1. The number of ether oxygens (including phenoxy) is 1. The van der Waals surface area contributed by atoms with Gasteiger partial charge >= 0.3 is 5.97 Å². The Morgan fingerprint density at radius 3 is 2.61 bits per heavy atom. The molecule has 7 heteroatoms. The summed E-state index contributed by atoms with van der Waals surface area (Å²) in [7, 11) is 1.49. The summed E-state index contributed by atoms with van der Waals surface area (Å²) in [6, 6.07) is 6.86. The molecule has 0 aromatic heterocycles. The minimum Gasteiger partial charge on any atom is -0.456 e. The van der Waals surface area contributed by atoms with Gasteiger partial charge in [0.15, 0.2) is 6.61 Å². The van der Waals surface area contributed by atoms with Crippen LogP contribution in [0.25, 0.3) is 0 Å². The lowest BCUT2D eigenvalue weighted by atomic mass is 9.86. The molecule has 0 spiro atoms. The Hall–Kier alpha value is -2.08. The highest BCUT2D eigenvalue weighted by atomic mass is 35.5. The second-order valence-electron chi connectivity index (χ2n) is 7.33. The minimum absolute atomic E-state index is 0.150. The lowest BCUT2D eigenvalue weighted by molar-refractivity contribution is -0.151. The smallest absolute Gasteiger partial charge is 0.306 e. The third-order valence-electron chi connectivity index (χ3n) is 5.03. The van der Waals surface area contributed by atoms with Gasteiger partial charge in [-0.25, -0.2) is 0 Å². The third-order valence-corrected chi connectivity index (χ3v) is 5.36. The van der Waals surface area contributed by atoms with E-state index in [1.807, 2.05) is 0 Å². The third kappa shape index (κ3) is 7.89. The van der Waals surface area contributed by atoms with E-state index < -0.39 is 5.91 Å². The van der Waals surface area contributed by atoms with Crippen LogP contribution in [0.3, 0.4) is 0 Å². The van der Waals surface area contributed by atoms with Gasteiger partial charge in [0.1, 0.15) is 0 Å². The first kappa shape index (κ1) is 22.2. The van der Waals surface area contributed by atoms with Crippen LogP contribution < -0.4 is 5.32 Å². The SMILES string of the molecule is CN(CC(=O)Nc1ccccc1Cl)C(=O)COC(=O)CCCC1CCCCC1. The van der Waals surface area contributed by atoms with Gasteiger partial charge in [0.05, 0.1) is 17.3 Å². The van der Waals surface area contributed by atoms with Crippen LogP contribution in [-0.4, -0.2) is 42.9 Å². The van der Waals surface area contributed by atoms with Crippen LogP contribution in [0, 0.1) is 5.92 Å². The minimum atomic E-state index is -0.421. The van der Waals surface area contributed by atoms with Gasteiger partial charge in [-0.15, -0.1) is 0 Å². The summed E-state index contributed by atoms with van der Waals surface area (Å²) in [6.45, 7) is -0.499. The molecule has 0 unspecified atom stereocenters. The lowest BCUT2D eigenvalue weighted by Gasteiger charge is -2.21. The molecule has 0 aliphatic heterocycles. The Morgan fingerprint density at radius 1 is 1.18 bits per heavy atom. The predicted octanol–water partition coefficient (Wildman–Crippen LogP) is 4.03. The fraction of sp³-hybridized carbons (Fsp3) is 0.571.